The second kappa shape index (κ2) is 7.87. The number of carbonyl (C=O) groups excluding carboxylic acids is 3. The van der Waals surface area contributed by atoms with Gasteiger partial charge in [-0.1, -0.05) is 18.2 Å². The summed E-state index contributed by atoms with van der Waals surface area (Å²) in [7, 11) is 0. The first-order chi connectivity index (χ1) is 11.0. The van der Waals surface area contributed by atoms with Crippen LogP contribution < -0.4 is 15.6 Å². The molecule has 7 nitrogen and oxygen atoms in total. The predicted molar refractivity (Wildman–Crippen MR) is 86.7 cm³/mol. The van der Waals surface area contributed by atoms with Crippen LogP contribution >= 0.6 is 11.8 Å². The Kier molecular flexibility index (Phi) is 5.86. The SMILES string of the molecule is Cc1cccc(C)c1OCC(=O)NNC(=O)CN1CSCC1=O. The largest absolute Gasteiger partial charge is 0.483 e. The van der Waals surface area contributed by atoms with Crippen molar-refractivity contribution in [1.29, 1.82) is 0 Å². The minimum absolute atomic E-state index is 0.0656. The molecule has 0 aromatic heterocycles. The highest BCUT2D eigenvalue weighted by Gasteiger charge is 2.22. The second-order valence-corrected chi connectivity index (χ2v) is 6.13. The van der Waals surface area contributed by atoms with Crippen molar-refractivity contribution < 1.29 is 19.1 Å². The Morgan fingerprint density at radius 1 is 1.22 bits per heavy atom. The number of carbonyl (C=O) groups is 3. The van der Waals surface area contributed by atoms with Crippen molar-refractivity contribution in [3.05, 3.63) is 29.3 Å². The molecule has 124 valence electrons. The van der Waals surface area contributed by atoms with Crippen molar-refractivity contribution in [3.8, 4) is 5.75 Å². The van der Waals surface area contributed by atoms with E-state index in [1.807, 2.05) is 32.0 Å². The van der Waals surface area contributed by atoms with E-state index in [0.717, 1.165) is 11.1 Å². The summed E-state index contributed by atoms with van der Waals surface area (Å²) in [6.45, 7) is 3.52. The van der Waals surface area contributed by atoms with Gasteiger partial charge in [-0.05, 0) is 25.0 Å². The topological polar surface area (TPSA) is 87.7 Å². The molecular formula is C15H19N3O4S. The van der Waals surface area contributed by atoms with Crippen LogP contribution in [0.2, 0.25) is 0 Å². The molecule has 1 aromatic carbocycles. The summed E-state index contributed by atoms with van der Waals surface area (Å²) in [5.74, 6) is 0.562. The van der Waals surface area contributed by atoms with Crippen molar-refractivity contribution in [1.82, 2.24) is 15.8 Å². The molecule has 2 rings (SSSR count). The van der Waals surface area contributed by atoms with Crippen molar-refractivity contribution in [2.75, 3.05) is 24.8 Å². The number of hydrazine groups is 1. The maximum absolute atomic E-state index is 11.7. The lowest BCUT2D eigenvalue weighted by Crippen LogP contribution is -2.48. The normalized spacial score (nSPS) is 13.8. The highest BCUT2D eigenvalue weighted by Crippen LogP contribution is 2.21. The number of ether oxygens (including phenoxy) is 1. The Morgan fingerprint density at radius 2 is 1.87 bits per heavy atom. The molecule has 1 aromatic rings. The zero-order valence-corrected chi connectivity index (χ0v) is 13.9. The van der Waals surface area contributed by atoms with E-state index in [1.54, 1.807) is 0 Å². The number of benzene rings is 1. The molecular weight excluding hydrogens is 318 g/mol. The van der Waals surface area contributed by atoms with Crippen LogP contribution in [0.5, 0.6) is 5.75 Å². The summed E-state index contributed by atoms with van der Waals surface area (Å²) in [5.41, 5.74) is 6.42. The molecule has 0 unspecified atom stereocenters. The van der Waals surface area contributed by atoms with Crippen molar-refractivity contribution in [2.45, 2.75) is 13.8 Å². The number of hydrogen-bond donors (Lipinski definition) is 2. The minimum atomic E-state index is -0.469. The van der Waals surface area contributed by atoms with E-state index >= 15 is 0 Å². The third-order valence-corrected chi connectivity index (χ3v) is 4.20. The average Bonchev–Trinajstić information content (AvgIpc) is 2.90. The van der Waals surface area contributed by atoms with Gasteiger partial charge in [-0.3, -0.25) is 25.2 Å². The van der Waals surface area contributed by atoms with Crippen LogP contribution in [0.3, 0.4) is 0 Å². The van der Waals surface area contributed by atoms with E-state index in [-0.39, 0.29) is 19.1 Å². The standard InChI is InChI=1S/C15H19N3O4S/c1-10-4-3-5-11(2)15(10)22-7-13(20)17-16-12(19)6-18-9-23-8-14(18)21/h3-5H,6-9H2,1-2H3,(H,16,19)(H,17,20). The van der Waals surface area contributed by atoms with Gasteiger partial charge in [0, 0.05) is 0 Å². The van der Waals surface area contributed by atoms with Gasteiger partial charge in [-0.2, -0.15) is 0 Å². The molecule has 1 fully saturated rings. The first kappa shape index (κ1) is 17.1. The number of hydrogen-bond acceptors (Lipinski definition) is 5. The highest BCUT2D eigenvalue weighted by atomic mass is 32.2. The van der Waals surface area contributed by atoms with Gasteiger partial charge in [0.2, 0.25) is 5.91 Å². The first-order valence-corrected chi connectivity index (χ1v) is 8.25. The quantitative estimate of drug-likeness (QED) is 0.758. The molecule has 0 bridgehead atoms. The molecule has 3 amide bonds. The van der Waals surface area contributed by atoms with Crippen molar-refractivity contribution in [2.24, 2.45) is 0 Å². The van der Waals surface area contributed by atoms with Gasteiger partial charge in [0.15, 0.2) is 6.61 Å². The fourth-order valence-electron chi connectivity index (χ4n) is 2.09. The van der Waals surface area contributed by atoms with E-state index in [1.165, 1.54) is 16.7 Å². The number of amides is 3. The molecule has 0 spiro atoms. The Hall–Kier alpha value is -2.22. The van der Waals surface area contributed by atoms with Gasteiger partial charge in [-0.25, -0.2) is 0 Å². The van der Waals surface area contributed by atoms with E-state index in [2.05, 4.69) is 10.9 Å². The highest BCUT2D eigenvalue weighted by molar-refractivity contribution is 8.00. The Bertz CT molecular complexity index is 600. The smallest absolute Gasteiger partial charge is 0.276 e. The number of para-hydroxylation sites is 1. The summed E-state index contributed by atoms with van der Waals surface area (Å²) >= 11 is 1.45. The van der Waals surface area contributed by atoms with Gasteiger partial charge in [0.1, 0.15) is 12.3 Å². The summed E-state index contributed by atoms with van der Waals surface area (Å²) < 4.78 is 5.48. The minimum Gasteiger partial charge on any atom is -0.483 e. The zero-order valence-electron chi connectivity index (χ0n) is 13.0. The lowest BCUT2D eigenvalue weighted by molar-refractivity contribution is -0.134. The van der Waals surface area contributed by atoms with E-state index in [4.69, 9.17) is 4.74 Å². The summed E-state index contributed by atoms with van der Waals surface area (Å²) in [6.07, 6.45) is 0. The molecule has 0 saturated carbocycles. The fourth-order valence-corrected chi connectivity index (χ4v) is 3.00. The molecule has 1 aliphatic heterocycles. The van der Waals surface area contributed by atoms with Gasteiger partial charge in [0.05, 0.1) is 11.6 Å². The van der Waals surface area contributed by atoms with Crippen LogP contribution in [-0.4, -0.2) is 47.4 Å². The molecule has 23 heavy (non-hydrogen) atoms. The Morgan fingerprint density at radius 3 is 2.48 bits per heavy atom. The average molecular weight is 337 g/mol. The third kappa shape index (κ3) is 4.88. The molecule has 0 atom stereocenters. The second-order valence-electron chi connectivity index (χ2n) is 5.18. The molecule has 0 aliphatic carbocycles. The van der Waals surface area contributed by atoms with Crippen LogP contribution in [-0.2, 0) is 14.4 Å². The van der Waals surface area contributed by atoms with Crippen LogP contribution in [0.15, 0.2) is 18.2 Å². The summed E-state index contributed by atoms with van der Waals surface area (Å²) in [6, 6.07) is 5.70. The number of nitrogens with one attached hydrogen (secondary N) is 2. The molecule has 8 heteroatoms. The zero-order chi connectivity index (χ0) is 16.8. The summed E-state index contributed by atoms with van der Waals surface area (Å²) in [5, 5.41) is 0. The maximum Gasteiger partial charge on any atom is 0.276 e. The lowest BCUT2D eigenvalue weighted by atomic mass is 10.1. The monoisotopic (exact) mass is 337 g/mol. The number of rotatable bonds is 5. The molecule has 0 radical (unpaired) electrons. The van der Waals surface area contributed by atoms with E-state index in [0.29, 0.717) is 17.4 Å². The van der Waals surface area contributed by atoms with Gasteiger partial charge < -0.3 is 9.64 Å². The lowest BCUT2D eigenvalue weighted by Gasteiger charge is -2.15. The molecule has 2 N–H and O–H groups in total. The van der Waals surface area contributed by atoms with Crippen LogP contribution in [0.25, 0.3) is 0 Å². The predicted octanol–water partition coefficient (Wildman–Crippen LogP) is 0.363. The van der Waals surface area contributed by atoms with Crippen molar-refractivity contribution in [3.63, 3.8) is 0 Å². The van der Waals surface area contributed by atoms with Gasteiger partial charge in [-0.15, -0.1) is 11.8 Å². The Balaban J connectivity index is 1.72. The van der Waals surface area contributed by atoms with Crippen LogP contribution in [0.1, 0.15) is 11.1 Å². The molecule has 1 aliphatic rings. The molecule has 1 saturated heterocycles. The first-order valence-electron chi connectivity index (χ1n) is 7.09. The van der Waals surface area contributed by atoms with E-state index in [9.17, 15) is 14.4 Å². The van der Waals surface area contributed by atoms with Gasteiger partial charge in [0.25, 0.3) is 11.8 Å². The Labute approximate surface area is 138 Å². The van der Waals surface area contributed by atoms with Crippen LogP contribution in [0, 0.1) is 13.8 Å². The van der Waals surface area contributed by atoms with Crippen molar-refractivity contribution >= 4 is 29.5 Å². The number of thioether (sulfide) groups is 1. The third-order valence-electron chi connectivity index (χ3n) is 3.26. The number of nitrogens with zero attached hydrogens (tertiary/aromatic N) is 1. The fraction of sp³-hybridized carbons (Fsp3) is 0.400. The number of aryl methyl sites for hydroxylation is 2. The van der Waals surface area contributed by atoms with Gasteiger partial charge >= 0.3 is 0 Å². The molecule has 1 heterocycles. The summed E-state index contributed by atoms with van der Waals surface area (Å²) in [4.78, 5) is 36.2. The van der Waals surface area contributed by atoms with Crippen LogP contribution in [0.4, 0.5) is 0 Å². The van der Waals surface area contributed by atoms with E-state index < -0.39 is 11.8 Å². The maximum atomic E-state index is 11.7.